The van der Waals surface area contributed by atoms with Gasteiger partial charge in [-0.2, -0.15) is 0 Å². The molecule has 0 saturated carbocycles. The molecule has 0 saturated heterocycles. The monoisotopic (exact) mass is 408 g/mol. The number of esters is 1. The van der Waals surface area contributed by atoms with Crippen molar-refractivity contribution in [3.63, 3.8) is 0 Å². The zero-order valence-electron chi connectivity index (χ0n) is 11.8. The van der Waals surface area contributed by atoms with Crippen LogP contribution in [0.1, 0.15) is 6.92 Å². The highest BCUT2D eigenvalue weighted by Crippen LogP contribution is 2.29. The van der Waals surface area contributed by atoms with Gasteiger partial charge in [0.05, 0.1) is 3.57 Å². The number of hydrogen-bond acceptors (Lipinski definition) is 4. The molecule has 0 aliphatic rings. The highest BCUT2D eigenvalue weighted by molar-refractivity contribution is 14.1. The van der Waals surface area contributed by atoms with Gasteiger partial charge >= 0.3 is 5.97 Å². The van der Waals surface area contributed by atoms with Gasteiger partial charge in [0.1, 0.15) is 11.5 Å². The van der Waals surface area contributed by atoms with Crippen LogP contribution in [-0.4, -0.2) is 12.4 Å². The number of carbonyl (C=O) groups excluding carboxylic acids is 2. The molecule has 0 aromatic heterocycles. The summed E-state index contributed by atoms with van der Waals surface area (Å²) in [6, 6.07) is 12.6. The summed E-state index contributed by atoms with van der Waals surface area (Å²) in [6.07, 6.45) is 0. The summed E-state index contributed by atoms with van der Waals surface area (Å²) >= 11 is 2.11. The minimum absolute atomic E-state index is 0.352. The molecule has 0 N–H and O–H groups in total. The quantitative estimate of drug-likeness (QED) is 0.247. The number of ether oxygens (including phenoxy) is 2. The first-order valence-electron chi connectivity index (χ1n) is 6.39. The summed E-state index contributed by atoms with van der Waals surface area (Å²) in [7, 11) is 0. The van der Waals surface area contributed by atoms with Gasteiger partial charge in [-0.25, -0.2) is 4.79 Å². The molecule has 0 fully saturated rings. The molecule has 0 unspecified atom stereocenters. The van der Waals surface area contributed by atoms with Crippen molar-refractivity contribution in [2.24, 2.45) is 0 Å². The molecule has 0 spiro atoms. The Hall–Kier alpha value is -2.15. The molecule has 0 amide bonds. The van der Waals surface area contributed by atoms with Gasteiger partial charge in [0, 0.05) is 5.57 Å². The van der Waals surface area contributed by atoms with Crippen molar-refractivity contribution < 1.29 is 19.1 Å². The molecule has 0 atom stereocenters. The second kappa shape index (κ2) is 7.22. The molecule has 5 heteroatoms. The lowest BCUT2D eigenvalue weighted by molar-refractivity contribution is -0.130. The van der Waals surface area contributed by atoms with Crippen LogP contribution in [0.4, 0.5) is 0 Å². The molecule has 0 aliphatic carbocycles. The second-order valence-electron chi connectivity index (χ2n) is 4.55. The molecule has 0 heterocycles. The Morgan fingerprint density at radius 1 is 1.14 bits per heavy atom. The molecule has 0 bridgehead atoms. The van der Waals surface area contributed by atoms with Gasteiger partial charge in [-0.05, 0) is 64.9 Å². The topological polar surface area (TPSA) is 52.6 Å². The van der Waals surface area contributed by atoms with Gasteiger partial charge in [-0.1, -0.05) is 24.8 Å². The molecular formula is C17H13IO4. The van der Waals surface area contributed by atoms with Gasteiger partial charge in [0.15, 0.2) is 0 Å². The molecule has 4 nitrogen and oxygen atoms in total. The molecule has 2 aromatic carbocycles. The summed E-state index contributed by atoms with van der Waals surface area (Å²) in [5, 5.41) is 0. The Bertz CT molecular complexity index is 720. The minimum atomic E-state index is -0.443. The average Bonchev–Trinajstić information content (AvgIpc) is 2.50. The van der Waals surface area contributed by atoms with Gasteiger partial charge in [0.2, 0.25) is 0 Å². The first-order chi connectivity index (χ1) is 10.5. The third kappa shape index (κ3) is 3.94. The van der Waals surface area contributed by atoms with Crippen molar-refractivity contribution in [3.05, 3.63) is 58.2 Å². The fourth-order valence-electron chi connectivity index (χ4n) is 1.73. The van der Waals surface area contributed by atoms with E-state index in [9.17, 15) is 9.59 Å². The van der Waals surface area contributed by atoms with E-state index in [1.54, 1.807) is 25.1 Å². The lowest BCUT2D eigenvalue weighted by atomic mass is 10.1. The highest BCUT2D eigenvalue weighted by Gasteiger charge is 2.10. The summed E-state index contributed by atoms with van der Waals surface area (Å²) in [5.74, 6) is 0.541. The smallest absolute Gasteiger partial charge is 0.338 e. The van der Waals surface area contributed by atoms with E-state index in [1.165, 1.54) is 0 Å². The van der Waals surface area contributed by atoms with Crippen molar-refractivity contribution in [3.8, 4) is 22.6 Å². The largest absolute Gasteiger partial charge is 0.429 e. The van der Waals surface area contributed by atoms with Crippen LogP contribution in [0.15, 0.2) is 54.6 Å². The zero-order valence-corrected chi connectivity index (χ0v) is 14.0. The van der Waals surface area contributed by atoms with Crippen LogP contribution < -0.4 is 9.47 Å². The van der Waals surface area contributed by atoms with Crippen LogP contribution in [0.25, 0.3) is 11.1 Å². The van der Waals surface area contributed by atoms with Crippen LogP contribution in [0, 0.1) is 3.57 Å². The predicted octanol–water partition coefficient (Wildman–Crippen LogP) is 3.97. The molecule has 2 aromatic rings. The lowest BCUT2D eigenvalue weighted by Gasteiger charge is -2.09. The Kier molecular flexibility index (Phi) is 5.32. The molecule has 2 rings (SSSR count). The van der Waals surface area contributed by atoms with Crippen molar-refractivity contribution in [2.75, 3.05) is 0 Å². The van der Waals surface area contributed by atoms with Crippen LogP contribution in [0.3, 0.4) is 0 Å². The van der Waals surface area contributed by atoms with Crippen molar-refractivity contribution in [1.82, 2.24) is 0 Å². The summed E-state index contributed by atoms with van der Waals surface area (Å²) in [6.45, 7) is 5.55. The highest BCUT2D eigenvalue weighted by atomic mass is 127. The minimum Gasteiger partial charge on any atom is -0.429 e. The van der Waals surface area contributed by atoms with E-state index in [1.807, 2.05) is 24.3 Å². The van der Waals surface area contributed by atoms with Crippen molar-refractivity contribution >= 4 is 35.0 Å². The van der Waals surface area contributed by atoms with E-state index in [4.69, 9.17) is 9.47 Å². The first kappa shape index (κ1) is 16.2. The zero-order chi connectivity index (χ0) is 16.1. The van der Waals surface area contributed by atoms with Gasteiger partial charge < -0.3 is 9.47 Å². The molecular weight excluding hydrogens is 395 g/mol. The van der Waals surface area contributed by atoms with Gasteiger partial charge in [0.25, 0.3) is 6.47 Å². The SMILES string of the molecule is C=C(C)C(=O)Oc1ccc(-c2ccc(OC=O)cc2)cc1I. The van der Waals surface area contributed by atoms with Crippen LogP contribution in [0.5, 0.6) is 11.5 Å². The lowest BCUT2D eigenvalue weighted by Crippen LogP contribution is -2.09. The van der Waals surface area contributed by atoms with Crippen LogP contribution in [-0.2, 0) is 9.59 Å². The Balaban J connectivity index is 2.23. The van der Waals surface area contributed by atoms with Gasteiger partial charge in [-0.15, -0.1) is 0 Å². The fourth-order valence-corrected chi connectivity index (χ4v) is 2.36. The normalized spacial score (nSPS) is 9.91. The van der Waals surface area contributed by atoms with Crippen molar-refractivity contribution in [1.29, 1.82) is 0 Å². The summed E-state index contributed by atoms with van der Waals surface area (Å²) < 4.78 is 10.8. The molecule has 0 radical (unpaired) electrons. The van der Waals surface area contributed by atoms with E-state index in [-0.39, 0.29) is 0 Å². The fraction of sp³-hybridized carbons (Fsp3) is 0.0588. The summed E-state index contributed by atoms with van der Waals surface area (Å²) in [5.41, 5.74) is 2.29. The Labute approximate surface area is 141 Å². The van der Waals surface area contributed by atoms with Gasteiger partial charge in [-0.3, -0.25) is 4.79 Å². The summed E-state index contributed by atoms with van der Waals surface area (Å²) in [4.78, 5) is 21.8. The maximum atomic E-state index is 11.6. The molecule has 112 valence electrons. The van der Waals surface area contributed by atoms with E-state index in [2.05, 4.69) is 29.2 Å². The number of benzene rings is 2. The van der Waals surface area contributed by atoms with Crippen LogP contribution >= 0.6 is 22.6 Å². The van der Waals surface area contributed by atoms with Crippen molar-refractivity contribution in [2.45, 2.75) is 6.92 Å². The number of hydrogen-bond donors (Lipinski definition) is 0. The Morgan fingerprint density at radius 3 is 2.32 bits per heavy atom. The van der Waals surface area contributed by atoms with E-state index < -0.39 is 5.97 Å². The molecule has 0 aliphatic heterocycles. The standard InChI is InChI=1S/C17H13IO4/c1-11(2)17(20)22-16-8-5-13(9-15(16)18)12-3-6-14(7-4-12)21-10-19/h3-10H,1H2,2H3. The third-order valence-corrected chi connectivity index (χ3v) is 3.70. The maximum absolute atomic E-state index is 11.6. The first-order valence-corrected chi connectivity index (χ1v) is 7.47. The Morgan fingerprint density at radius 2 is 1.77 bits per heavy atom. The second-order valence-corrected chi connectivity index (χ2v) is 5.72. The average molecular weight is 408 g/mol. The molecule has 22 heavy (non-hydrogen) atoms. The third-order valence-electron chi connectivity index (χ3n) is 2.85. The van der Waals surface area contributed by atoms with E-state index >= 15 is 0 Å². The maximum Gasteiger partial charge on any atom is 0.338 e. The number of halogens is 1. The predicted molar refractivity (Wildman–Crippen MR) is 91.7 cm³/mol. The number of rotatable bonds is 5. The number of carbonyl (C=O) groups is 2. The van der Waals surface area contributed by atoms with E-state index in [0.717, 1.165) is 14.7 Å². The van der Waals surface area contributed by atoms with Crippen LogP contribution in [0.2, 0.25) is 0 Å². The van der Waals surface area contributed by atoms with E-state index in [0.29, 0.717) is 23.5 Å².